The molecule has 3 aromatic rings. The Kier molecular flexibility index (Phi) is 10.3. The first kappa shape index (κ1) is 38.4. The molecule has 2 aromatic heterocycles. The maximum absolute atomic E-state index is 13.2. The highest BCUT2D eigenvalue weighted by atomic mass is 16.3. The molecule has 2 radical (unpaired) electrons. The van der Waals surface area contributed by atoms with Crippen LogP contribution in [0.3, 0.4) is 0 Å². The highest BCUT2D eigenvalue weighted by molar-refractivity contribution is 6.14. The molecule has 1 aromatic carbocycles. The van der Waals surface area contributed by atoms with Crippen LogP contribution in [0.5, 0.6) is 0 Å². The molecule has 0 spiro atoms. The lowest BCUT2D eigenvalue weighted by Crippen LogP contribution is -2.59. The summed E-state index contributed by atoms with van der Waals surface area (Å²) in [5.41, 5.74) is 14.8. The summed E-state index contributed by atoms with van der Waals surface area (Å²) in [6, 6.07) is 7.97. The normalized spacial score (nSPS) is 19.9. The number of likely N-dealkylation sites (N-methyl/N-ethyl adjacent to an activating group) is 1. The Morgan fingerprint density at radius 3 is 2.41 bits per heavy atom. The molecule has 4 amide bonds. The molecule has 1 saturated carbocycles. The van der Waals surface area contributed by atoms with Gasteiger partial charge in [-0.2, -0.15) is 5.10 Å². The van der Waals surface area contributed by atoms with Crippen LogP contribution >= 0.6 is 0 Å². The maximum atomic E-state index is 13.2. The SMILES string of the molecule is [B]C(O)(c1cccc(C(=O)N2CCCC2)n1)N1CC(n2ncc3c2C(C)N(C)c2c(NC(/C=C(\N)NC(=O)C4CC4)=C(/N)C(=O)NC)cc(C(=O)NC)cc2-3)C1. The van der Waals surface area contributed by atoms with Gasteiger partial charge in [-0.1, -0.05) is 6.07 Å². The van der Waals surface area contributed by atoms with E-state index in [-0.39, 0.29) is 64.3 Å². The Bertz CT molecular complexity index is 2150. The van der Waals surface area contributed by atoms with Crippen LogP contribution < -0.4 is 37.6 Å². The average Bonchev–Trinajstić information content (AvgIpc) is 3.71. The molecule has 18 heteroatoms. The molecule has 2 saturated heterocycles. The topological polar surface area (TPSA) is 229 Å². The van der Waals surface area contributed by atoms with Gasteiger partial charge in [0, 0.05) is 76.0 Å². The molecule has 3 aliphatic heterocycles. The number of aromatic nitrogens is 3. The number of hydrogen-bond acceptors (Lipinski definition) is 12. The van der Waals surface area contributed by atoms with E-state index < -0.39 is 11.5 Å². The molecule has 4 aliphatic rings. The van der Waals surface area contributed by atoms with Crippen molar-refractivity contribution in [2.45, 2.75) is 50.3 Å². The fraction of sp³-hybridized carbons (Fsp3) is 0.421. The fourth-order valence-electron chi connectivity index (χ4n) is 7.51. The Labute approximate surface area is 325 Å². The molecular formula is C38H47BN12O5. The third kappa shape index (κ3) is 7.05. The number of nitrogens with one attached hydrogen (secondary N) is 4. The van der Waals surface area contributed by atoms with Gasteiger partial charge in [0.2, 0.25) is 5.91 Å². The number of pyridine rings is 1. The van der Waals surface area contributed by atoms with Gasteiger partial charge in [-0.15, -0.1) is 0 Å². The molecule has 9 N–H and O–H groups in total. The lowest BCUT2D eigenvalue weighted by atomic mass is 9.82. The third-order valence-corrected chi connectivity index (χ3v) is 11.0. The van der Waals surface area contributed by atoms with Crippen LogP contribution in [0.4, 0.5) is 11.4 Å². The molecular weight excluding hydrogens is 715 g/mol. The van der Waals surface area contributed by atoms with Crippen LogP contribution in [-0.4, -0.2) is 108 Å². The van der Waals surface area contributed by atoms with Crippen molar-refractivity contribution >= 4 is 42.8 Å². The minimum absolute atomic E-state index is 0.00386. The minimum Gasteiger partial charge on any atom is -0.393 e. The summed E-state index contributed by atoms with van der Waals surface area (Å²) in [6.07, 6.45) is 6.61. The number of rotatable bonds is 11. The number of nitrogens with two attached hydrogens (primary N) is 2. The van der Waals surface area contributed by atoms with Gasteiger partial charge in [-0.05, 0) is 56.9 Å². The van der Waals surface area contributed by atoms with E-state index in [1.54, 1.807) is 46.3 Å². The second kappa shape index (κ2) is 15.0. The Morgan fingerprint density at radius 1 is 1.04 bits per heavy atom. The molecule has 1 aliphatic carbocycles. The molecule has 7 rings (SSSR count). The van der Waals surface area contributed by atoms with E-state index in [2.05, 4.69) is 26.3 Å². The summed E-state index contributed by atoms with van der Waals surface area (Å²) in [7, 11) is 11.4. The van der Waals surface area contributed by atoms with E-state index in [0.717, 1.165) is 36.9 Å². The van der Waals surface area contributed by atoms with Crippen LogP contribution in [0.1, 0.15) is 76.9 Å². The molecule has 0 bridgehead atoms. The van der Waals surface area contributed by atoms with Gasteiger partial charge in [-0.3, -0.25) is 28.8 Å². The smallest absolute Gasteiger partial charge is 0.272 e. The summed E-state index contributed by atoms with van der Waals surface area (Å²) < 4.78 is 1.92. The first-order valence-corrected chi connectivity index (χ1v) is 18.7. The summed E-state index contributed by atoms with van der Waals surface area (Å²) in [5, 5.41) is 27.5. The number of nitrogens with zero attached hydrogens (tertiary/aromatic N) is 6. The number of allylic oxidation sites excluding steroid dienone is 1. The number of amides is 4. The van der Waals surface area contributed by atoms with Gasteiger partial charge >= 0.3 is 0 Å². The predicted octanol–water partition coefficient (Wildman–Crippen LogP) is 0.534. The fourth-order valence-corrected chi connectivity index (χ4v) is 7.51. The number of hydrogen-bond donors (Lipinski definition) is 7. The Hall–Kier alpha value is -5.88. The molecule has 17 nitrogen and oxygen atoms in total. The molecule has 292 valence electrons. The summed E-state index contributed by atoms with van der Waals surface area (Å²) in [4.78, 5) is 61.4. The van der Waals surface area contributed by atoms with E-state index >= 15 is 0 Å². The standard InChI is InChI=1S/C38H47BN12O5/c1-20-32-25(17-44-51(32)23-18-50(19-23)38(39,56)29-9-7-8-26(46-29)37(55)49-12-5-6-13-49)24-14-22(34(52)42-2)15-28(33(24)48(20)4)45-27(31(41)36(54)43-3)16-30(40)47-35(53)21-10-11-21/h7-9,14-17,20-21,23,45,56H,5-6,10-13,18-19,40-41H2,1-4H3,(H,42,52)(H,43,54)(H,47,53)/b30-16+,31-27+. The molecule has 56 heavy (non-hydrogen) atoms. The van der Waals surface area contributed by atoms with Crippen molar-refractivity contribution in [1.82, 2.24) is 40.5 Å². The van der Waals surface area contributed by atoms with Crippen molar-refractivity contribution < 1.29 is 24.3 Å². The first-order chi connectivity index (χ1) is 26.7. The molecule has 3 fully saturated rings. The number of fused-ring (bicyclic) bond motifs is 3. The van der Waals surface area contributed by atoms with Gasteiger partial charge in [0.1, 0.15) is 30.7 Å². The van der Waals surface area contributed by atoms with Gasteiger partial charge in [0.05, 0.1) is 46.7 Å². The van der Waals surface area contributed by atoms with E-state index in [1.807, 2.05) is 23.6 Å². The summed E-state index contributed by atoms with van der Waals surface area (Å²) in [6.45, 7) is 4.08. The second-order valence-electron chi connectivity index (χ2n) is 14.8. The van der Waals surface area contributed by atoms with Gasteiger partial charge in [0.25, 0.3) is 17.7 Å². The second-order valence-corrected chi connectivity index (χ2v) is 14.8. The summed E-state index contributed by atoms with van der Waals surface area (Å²) in [5.74, 6) is -1.43. The quantitative estimate of drug-likeness (QED) is 0.0807. The van der Waals surface area contributed by atoms with Crippen LogP contribution in [0.2, 0.25) is 0 Å². The predicted molar refractivity (Wildman–Crippen MR) is 210 cm³/mol. The van der Waals surface area contributed by atoms with Crippen LogP contribution in [0.15, 0.2) is 59.8 Å². The largest absolute Gasteiger partial charge is 0.393 e. The first-order valence-electron chi connectivity index (χ1n) is 18.7. The molecule has 2 unspecified atom stereocenters. The van der Waals surface area contributed by atoms with E-state index in [9.17, 15) is 24.3 Å². The number of carbonyl (C=O) groups is 4. The zero-order valence-corrected chi connectivity index (χ0v) is 31.9. The number of benzene rings is 1. The number of aliphatic hydroxyl groups is 1. The van der Waals surface area contributed by atoms with E-state index in [1.165, 1.54) is 20.2 Å². The monoisotopic (exact) mass is 762 g/mol. The highest BCUT2D eigenvalue weighted by Gasteiger charge is 2.44. The molecule has 5 heterocycles. The van der Waals surface area contributed by atoms with Crippen LogP contribution in [0, 0.1) is 5.92 Å². The Morgan fingerprint density at radius 2 is 1.75 bits per heavy atom. The highest BCUT2D eigenvalue weighted by Crippen LogP contribution is 2.49. The van der Waals surface area contributed by atoms with Crippen molar-refractivity contribution in [3.05, 3.63) is 82.5 Å². The number of carbonyl (C=O) groups excluding carboxylic acids is 4. The van der Waals surface area contributed by atoms with Gasteiger partial charge < -0.3 is 47.6 Å². The third-order valence-electron chi connectivity index (χ3n) is 11.0. The lowest BCUT2D eigenvalue weighted by Gasteiger charge is -2.49. The zero-order valence-electron chi connectivity index (χ0n) is 31.9. The van der Waals surface area contributed by atoms with Gasteiger partial charge in [0.15, 0.2) is 0 Å². The molecule has 2 atom stereocenters. The Balaban J connectivity index is 1.19. The van der Waals surface area contributed by atoms with Crippen molar-refractivity contribution in [1.29, 1.82) is 0 Å². The lowest BCUT2D eigenvalue weighted by molar-refractivity contribution is -0.121. The van der Waals surface area contributed by atoms with Gasteiger partial charge in [-0.25, -0.2) is 4.98 Å². The van der Waals surface area contributed by atoms with E-state index in [0.29, 0.717) is 48.7 Å². The van der Waals surface area contributed by atoms with Crippen molar-refractivity contribution in [3.63, 3.8) is 0 Å². The van der Waals surface area contributed by atoms with E-state index in [4.69, 9.17) is 24.4 Å². The maximum Gasteiger partial charge on any atom is 0.272 e. The van der Waals surface area contributed by atoms with Crippen molar-refractivity contribution in [3.8, 4) is 11.1 Å². The van der Waals surface area contributed by atoms with Crippen LogP contribution in [-0.2, 0) is 15.2 Å². The number of likely N-dealkylation sites (tertiary alicyclic amines) is 2. The van der Waals surface area contributed by atoms with Crippen LogP contribution in [0.25, 0.3) is 11.1 Å². The summed E-state index contributed by atoms with van der Waals surface area (Å²) >= 11 is 0. The average molecular weight is 763 g/mol. The van der Waals surface area contributed by atoms with Crippen molar-refractivity contribution in [2.75, 3.05) is 57.5 Å². The number of anilines is 2. The zero-order chi connectivity index (χ0) is 40.1. The van der Waals surface area contributed by atoms with Crippen molar-refractivity contribution in [2.24, 2.45) is 17.4 Å². The minimum atomic E-state index is -1.93.